The molecule has 2 nitrogen and oxygen atoms in total. The van der Waals surface area contributed by atoms with Crippen LogP contribution in [-0.2, 0) is 4.79 Å². The maximum Gasteiger partial charge on any atom is 0.134 e. The minimum atomic E-state index is 0.422. The average molecular weight is 225 g/mol. The molecule has 0 aromatic carbocycles. The van der Waals surface area contributed by atoms with Crippen molar-refractivity contribution < 1.29 is 4.79 Å². The highest BCUT2D eigenvalue weighted by Gasteiger charge is 2.04. The Bertz CT molecular complexity index is 185. The van der Waals surface area contributed by atoms with Crippen LogP contribution < -0.4 is 0 Å². The van der Waals surface area contributed by atoms with E-state index in [0.29, 0.717) is 5.78 Å². The zero-order chi connectivity index (χ0) is 12.2. The second-order valence-corrected chi connectivity index (χ2v) is 4.20. The molecule has 0 N–H and O–H groups in total. The summed E-state index contributed by atoms with van der Waals surface area (Å²) in [6.07, 6.45) is 7.89. The van der Waals surface area contributed by atoms with Crippen LogP contribution >= 0.6 is 0 Å². The molecule has 16 heavy (non-hydrogen) atoms. The van der Waals surface area contributed by atoms with E-state index in [0.717, 1.165) is 51.7 Å². The van der Waals surface area contributed by atoms with Gasteiger partial charge in [0.25, 0.3) is 0 Å². The molecule has 0 aromatic heterocycles. The van der Waals surface area contributed by atoms with E-state index in [1.54, 1.807) is 0 Å². The monoisotopic (exact) mass is 225 g/mol. The van der Waals surface area contributed by atoms with Crippen molar-refractivity contribution in [2.24, 2.45) is 0 Å². The third-order valence-electron chi connectivity index (χ3n) is 2.97. The maximum absolute atomic E-state index is 11.6. The summed E-state index contributed by atoms with van der Waals surface area (Å²) >= 11 is 0. The number of carbonyl (C=O) groups excluding carboxylic acids is 1. The first-order chi connectivity index (χ1) is 7.74. The Morgan fingerprint density at radius 2 is 1.81 bits per heavy atom. The first kappa shape index (κ1) is 15.4. The summed E-state index contributed by atoms with van der Waals surface area (Å²) in [6, 6.07) is 0. The molecule has 0 radical (unpaired) electrons. The molecule has 94 valence electrons. The molecule has 0 aliphatic rings. The van der Waals surface area contributed by atoms with Gasteiger partial charge in [-0.05, 0) is 32.4 Å². The number of unbranched alkanes of at least 4 members (excludes halogenated alkanes) is 3. The predicted octanol–water partition coefficient (Wildman–Crippen LogP) is 3.42. The number of hydrogen-bond donors (Lipinski definition) is 0. The van der Waals surface area contributed by atoms with Gasteiger partial charge in [0.2, 0.25) is 0 Å². The summed E-state index contributed by atoms with van der Waals surface area (Å²) in [5.74, 6) is 0.422. The molecule has 0 rings (SSSR count). The van der Waals surface area contributed by atoms with Gasteiger partial charge in [0, 0.05) is 19.4 Å². The molecule has 0 saturated heterocycles. The largest absolute Gasteiger partial charge is 0.303 e. The summed E-state index contributed by atoms with van der Waals surface area (Å²) in [7, 11) is 0. The highest BCUT2D eigenvalue weighted by atomic mass is 16.1. The number of Topliss-reactive ketones (excluding diaryl/α,β-unsaturated/α-hetero) is 1. The van der Waals surface area contributed by atoms with Crippen molar-refractivity contribution in [2.45, 2.75) is 52.4 Å². The van der Waals surface area contributed by atoms with Crippen LogP contribution in [0.2, 0.25) is 0 Å². The molecule has 0 aliphatic heterocycles. The van der Waals surface area contributed by atoms with Gasteiger partial charge in [0.15, 0.2) is 0 Å². The first-order valence-corrected chi connectivity index (χ1v) is 6.59. The summed E-state index contributed by atoms with van der Waals surface area (Å²) < 4.78 is 0. The van der Waals surface area contributed by atoms with Gasteiger partial charge in [-0.15, -0.1) is 6.58 Å². The highest BCUT2D eigenvalue weighted by Crippen LogP contribution is 2.05. The molecule has 0 saturated carbocycles. The Kier molecular flexibility index (Phi) is 10.4. The maximum atomic E-state index is 11.6. The lowest BCUT2D eigenvalue weighted by molar-refractivity contribution is -0.119. The third kappa shape index (κ3) is 8.66. The van der Waals surface area contributed by atoms with Crippen molar-refractivity contribution in [3.05, 3.63) is 12.7 Å². The second-order valence-electron chi connectivity index (χ2n) is 4.20. The second kappa shape index (κ2) is 10.9. The van der Waals surface area contributed by atoms with Gasteiger partial charge in [0.1, 0.15) is 5.78 Å². The van der Waals surface area contributed by atoms with Crippen LogP contribution in [0.1, 0.15) is 52.4 Å². The van der Waals surface area contributed by atoms with Crippen molar-refractivity contribution in [1.82, 2.24) is 4.90 Å². The Hall–Kier alpha value is -0.630. The fourth-order valence-electron chi connectivity index (χ4n) is 1.74. The van der Waals surface area contributed by atoms with E-state index in [1.807, 2.05) is 6.08 Å². The number of nitrogens with zero attached hydrogens (tertiary/aromatic N) is 1. The molecule has 2 heteroatoms. The lowest BCUT2D eigenvalue weighted by Crippen LogP contribution is -2.25. The van der Waals surface area contributed by atoms with Gasteiger partial charge in [-0.2, -0.15) is 0 Å². The van der Waals surface area contributed by atoms with Gasteiger partial charge < -0.3 is 4.90 Å². The van der Waals surface area contributed by atoms with Crippen LogP contribution in [0.4, 0.5) is 0 Å². The van der Waals surface area contributed by atoms with E-state index in [2.05, 4.69) is 25.3 Å². The van der Waals surface area contributed by atoms with Crippen LogP contribution in [0.15, 0.2) is 12.7 Å². The van der Waals surface area contributed by atoms with Crippen LogP contribution in [-0.4, -0.2) is 30.3 Å². The number of carbonyl (C=O) groups is 1. The van der Waals surface area contributed by atoms with Gasteiger partial charge >= 0.3 is 0 Å². The van der Waals surface area contributed by atoms with Crippen LogP contribution in [0.3, 0.4) is 0 Å². The molecule has 0 aromatic rings. The molecule has 0 bridgehead atoms. The molecular formula is C14H27NO. The number of hydrogen-bond acceptors (Lipinski definition) is 2. The smallest absolute Gasteiger partial charge is 0.134 e. The quantitative estimate of drug-likeness (QED) is 0.396. The van der Waals surface area contributed by atoms with Crippen LogP contribution in [0.25, 0.3) is 0 Å². The number of ketones is 1. The zero-order valence-electron chi connectivity index (χ0n) is 11.0. The third-order valence-corrected chi connectivity index (χ3v) is 2.97. The molecule has 0 aliphatic carbocycles. The van der Waals surface area contributed by atoms with Crippen LogP contribution in [0, 0.1) is 0 Å². The molecule has 0 amide bonds. The predicted molar refractivity (Wildman–Crippen MR) is 70.7 cm³/mol. The molecule has 0 unspecified atom stereocenters. The summed E-state index contributed by atoms with van der Waals surface area (Å²) in [4.78, 5) is 13.9. The van der Waals surface area contributed by atoms with Crippen LogP contribution in [0.5, 0.6) is 0 Å². The van der Waals surface area contributed by atoms with E-state index < -0.39 is 0 Å². The van der Waals surface area contributed by atoms with Gasteiger partial charge in [-0.1, -0.05) is 26.3 Å². The first-order valence-electron chi connectivity index (χ1n) is 6.59. The summed E-state index contributed by atoms with van der Waals surface area (Å²) in [5.41, 5.74) is 0. The Labute approximate surface area is 101 Å². The minimum absolute atomic E-state index is 0.422. The highest BCUT2D eigenvalue weighted by molar-refractivity contribution is 5.78. The molecular weight excluding hydrogens is 198 g/mol. The zero-order valence-corrected chi connectivity index (χ0v) is 11.0. The topological polar surface area (TPSA) is 20.3 Å². The lowest BCUT2D eigenvalue weighted by atomic mass is 10.1. The van der Waals surface area contributed by atoms with Crippen molar-refractivity contribution >= 4 is 5.78 Å². The van der Waals surface area contributed by atoms with Gasteiger partial charge in [-0.3, -0.25) is 4.79 Å². The molecule has 0 atom stereocenters. The van der Waals surface area contributed by atoms with Crippen molar-refractivity contribution in [2.75, 3.05) is 19.6 Å². The molecule has 0 fully saturated rings. The molecule has 0 heterocycles. The summed E-state index contributed by atoms with van der Waals surface area (Å²) in [6.45, 7) is 11.0. The minimum Gasteiger partial charge on any atom is -0.303 e. The fourth-order valence-corrected chi connectivity index (χ4v) is 1.74. The van der Waals surface area contributed by atoms with E-state index >= 15 is 0 Å². The lowest BCUT2D eigenvalue weighted by Gasteiger charge is -2.16. The SMILES string of the molecule is C=CCCCCCC(=O)CCN(CC)CC. The van der Waals surface area contributed by atoms with E-state index in [4.69, 9.17) is 0 Å². The van der Waals surface area contributed by atoms with E-state index in [-0.39, 0.29) is 0 Å². The average Bonchev–Trinajstić information content (AvgIpc) is 2.30. The van der Waals surface area contributed by atoms with Gasteiger partial charge in [-0.25, -0.2) is 0 Å². The number of rotatable bonds is 11. The van der Waals surface area contributed by atoms with E-state index in [9.17, 15) is 4.79 Å². The Balaban J connectivity index is 3.40. The normalized spacial score (nSPS) is 10.7. The molecule has 0 spiro atoms. The Morgan fingerprint density at radius 1 is 1.12 bits per heavy atom. The standard InChI is InChI=1S/C14H27NO/c1-4-7-8-9-10-11-14(16)12-13-15(5-2)6-3/h4H,1,5-13H2,2-3H3. The van der Waals surface area contributed by atoms with Crippen molar-refractivity contribution in [3.8, 4) is 0 Å². The van der Waals surface area contributed by atoms with Crippen molar-refractivity contribution in [3.63, 3.8) is 0 Å². The fraction of sp³-hybridized carbons (Fsp3) is 0.786. The van der Waals surface area contributed by atoms with Gasteiger partial charge in [0.05, 0.1) is 0 Å². The van der Waals surface area contributed by atoms with Crippen molar-refractivity contribution in [1.29, 1.82) is 0 Å². The Morgan fingerprint density at radius 3 is 2.38 bits per heavy atom. The van der Waals surface area contributed by atoms with E-state index in [1.165, 1.54) is 6.42 Å². The number of allylic oxidation sites excluding steroid dienone is 1. The summed E-state index contributed by atoms with van der Waals surface area (Å²) in [5, 5.41) is 0.